The van der Waals surface area contributed by atoms with E-state index in [0.717, 1.165) is 16.3 Å². The molecule has 1 fully saturated rings. The summed E-state index contributed by atoms with van der Waals surface area (Å²) in [5, 5.41) is 12.4. The van der Waals surface area contributed by atoms with Gasteiger partial charge in [0.1, 0.15) is 0 Å². The lowest BCUT2D eigenvalue weighted by molar-refractivity contribution is -0.117. The first-order valence-corrected chi connectivity index (χ1v) is 9.01. The van der Waals surface area contributed by atoms with Gasteiger partial charge in [0.05, 0.1) is 0 Å². The molecule has 1 amide bonds. The van der Waals surface area contributed by atoms with Gasteiger partial charge in [-0.1, -0.05) is 46.3 Å². The molecule has 1 aliphatic rings. The molecule has 0 unspecified atom stereocenters. The van der Waals surface area contributed by atoms with Gasteiger partial charge in [-0.15, -0.1) is 10.2 Å². The van der Waals surface area contributed by atoms with E-state index in [0.29, 0.717) is 15.2 Å². The maximum absolute atomic E-state index is 12.2. The van der Waals surface area contributed by atoms with Crippen molar-refractivity contribution in [3.05, 3.63) is 33.8 Å². The van der Waals surface area contributed by atoms with E-state index in [9.17, 15) is 4.79 Å². The van der Waals surface area contributed by atoms with Gasteiger partial charge in [-0.3, -0.25) is 4.79 Å². The zero-order chi connectivity index (χ0) is 15.0. The zero-order valence-electron chi connectivity index (χ0n) is 11.0. The molecule has 4 nitrogen and oxygen atoms in total. The molecule has 0 radical (unpaired) electrons. The Morgan fingerprint density at radius 3 is 2.67 bits per heavy atom. The summed E-state index contributed by atoms with van der Waals surface area (Å²) in [6.45, 7) is 0. The number of nitrogens with one attached hydrogen (secondary N) is 1. The van der Waals surface area contributed by atoms with Crippen LogP contribution >= 0.6 is 46.3 Å². The number of carbonyl (C=O) groups is 1. The Morgan fingerprint density at radius 1 is 1.33 bits per heavy atom. The van der Waals surface area contributed by atoms with Gasteiger partial charge in [0, 0.05) is 16.0 Å². The molecule has 1 aliphatic carbocycles. The normalized spacial score (nSPS) is 20.3. The fourth-order valence-electron chi connectivity index (χ4n) is 2.18. The van der Waals surface area contributed by atoms with Gasteiger partial charge in [-0.05, 0) is 42.4 Å². The lowest BCUT2D eigenvalue weighted by Gasteiger charge is -2.03. The van der Waals surface area contributed by atoms with Crippen molar-refractivity contribution in [1.29, 1.82) is 0 Å². The van der Waals surface area contributed by atoms with E-state index in [1.54, 1.807) is 6.07 Å². The molecule has 1 aromatic heterocycles. The van der Waals surface area contributed by atoms with Gasteiger partial charge in [-0.2, -0.15) is 0 Å². The van der Waals surface area contributed by atoms with Crippen LogP contribution in [0.3, 0.4) is 0 Å². The highest BCUT2D eigenvalue weighted by atomic mass is 35.5. The quantitative estimate of drug-likeness (QED) is 0.652. The Balaban J connectivity index is 1.65. The Labute approximate surface area is 140 Å². The Bertz CT molecular complexity index is 672. The van der Waals surface area contributed by atoms with E-state index < -0.39 is 0 Å². The van der Waals surface area contributed by atoms with Crippen molar-refractivity contribution in [2.75, 3.05) is 11.6 Å². The lowest BCUT2D eigenvalue weighted by atomic mass is 10.1. The average Bonchev–Trinajstić information content (AvgIpc) is 3.12. The van der Waals surface area contributed by atoms with Gasteiger partial charge in [0.2, 0.25) is 11.0 Å². The predicted molar refractivity (Wildman–Crippen MR) is 87.6 cm³/mol. The molecular formula is C13H11Cl2N3OS2. The second kappa shape index (κ2) is 6.12. The second-order valence-corrected chi connectivity index (χ2v) is 7.62. The molecule has 110 valence electrons. The minimum absolute atomic E-state index is 0.0279. The summed E-state index contributed by atoms with van der Waals surface area (Å²) >= 11 is 14.9. The maximum Gasteiger partial charge on any atom is 0.229 e. The summed E-state index contributed by atoms with van der Waals surface area (Å²) in [6, 6.07) is 5.42. The largest absolute Gasteiger partial charge is 0.300 e. The number of benzene rings is 1. The van der Waals surface area contributed by atoms with Gasteiger partial charge in [0.15, 0.2) is 4.34 Å². The third-order valence-electron chi connectivity index (χ3n) is 3.25. The smallest absolute Gasteiger partial charge is 0.229 e. The van der Waals surface area contributed by atoms with Crippen LogP contribution in [0.15, 0.2) is 22.5 Å². The molecule has 3 rings (SSSR count). The van der Waals surface area contributed by atoms with Gasteiger partial charge < -0.3 is 5.32 Å². The first-order valence-electron chi connectivity index (χ1n) is 6.21. The van der Waals surface area contributed by atoms with Crippen LogP contribution in [0.1, 0.15) is 17.9 Å². The maximum atomic E-state index is 12.2. The van der Waals surface area contributed by atoms with E-state index in [2.05, 4.69) is 15.5 Å². The number of aromatic nitrogens is 2. The standard InChI is InChI=1S/C13H11Cl2N3OS2/c1-20-13-18-17-12(21-13)16-11(19)10-5-9(10)6-2-7(14)4-8(15)3-6/h2-4,9-10H,5H2,1H3,(H,16,17,19)/t9-,10-/m1/s1. The first-order chi connectivity index (χ1) is 10.1. The van der Waals surface area contributed by atoms with Gasteiger partial charge in [0.25, 0.3) is 0 Å². The van der Waals surface area contributed by atoms with Crippen molar-refractivity contribution < 1.29 is 4.79 Å². The molecule has 2 atom stereocenters. The molecule has 0 bridgehead atoms. The van der Waals surface area contributed by atoms with E-state index in [-0.39, 0.29) is 17.7 Å². The van der Waals surface area contributed by atoms with Crippen LogP contribution < -0.4 is 5.32 Å². The molecule has 1 heterocycles. The summed E-state index contributed by atoms with van der Waals surface area (Å²) in [7, 11) is 0. The summed E-state index contributed by atoms with van der Waals surface area (Å²) in [6.07, 6.45) is 2.72. The number of halogens is 2. The van der Waals surface area contributed by atoms with Crippen LogP contribution in [0.5, 0.6) is 0 Å². The van der Waals surface area contributed by atoms with Crippen molar-refractivity contribution in [3.8, 4) is 0 Å². The number of hydrogen-bond acceptors (Lipinski definition) is 5. The summed E-state index contributed by atoms with van der Waals surface area (Å²) in [5.74, 6) is 0.0928. The van der Waals surface area contributed by atoms with E-state index in [1.807, 2.05) is 18.4 Å². The van der Waals surface area contributed by atoms with Gasteiger partial charge in [-0.25, -0.2) is 0 Å². The Hall–Kier alpha value is -0.820. The Morgan fingerprint density at radius 2 is 2.05 bits per heavy atom. The molecule has 0 aliphatic heterocycles. The van der Waals surface area contributed by atoms with Crippen LogP contribution in [0.4, 0.5) is 5.13 Å². The van der Waals surface area contributed by atoms with Crippen LogP contribution in [0.25, 0.3) is 0 Å². The third-order valence-corrected chi connectivity index (χ3v) is 5.50. The number of anilines is 1. The highest BCUT2D eigenvalue weighted by Crippen LogP contribution is 2.49. The van der Waals surface area contributed by atoms with E-state index in [4.69, 9.17) is 23.2 Å². The molecule has 21 heavy (non-hydrogen) atoms. The lowest BCUT2D eigenvalue weighted by Crippen LogP contribution is -2.14. The molecule has 8 heteroatoms. The molecule has 1 aromatic carbocycles. The zero-order valence-corrected chi connectivity index (χ0v) is 14.1. The number of amides is 1. The highest BCUT2D eigenvalue weighted by molar-refractivity contribution is 8.00. The SMILES string of the molecule is CSc1nnc(NC(=O)[C@@H]2C[C@@H]2c2cc(Cl)cc(Cl)c2)s1. The van der Waals surface area contributed by atoms with Crippen molar-refractivity contribution in [2.24, 2.45) is 5.92 Å². The first kappa shape index (κ1) is 15.1. The molecular weight excluding hydrogens is 349 g/mol. The van der Waals surface area contributed by atoms with Crippen LogP contribution in [-0.4, -0.2) is 22.4 Å². The number of carbonyl (C=O) groups excluding carboxylic acids is 1. The number of rotatable bonds is 4. The second-order valence-electron chi connectivity index (χ2n) is 4.72. The predicted octanol–water partition coefficient (Wildman–Crippen LogP) is 4.31. The summed E-state index contributed by atoms with van der Waals surface area (Å²) in [4.78, 5) is 12.2. The van der Waals surface area contributed by atoms with Crippen LogP contribution in [-0.2, 0) is 4.79 Å². The average molecular weight is 360 g/mol. The fourth-order valence-corrected chi connectivity index (χ4v) is 3.90. The number of thioether (sulfide) groups is 1. The van der Waals surface area contributed by atoms with Crippen molar-refractivity contribution in [3.63, 3.8) is 0 Å². The summed E-state index contributed by atoms with van der Waals surface area (Å²) < 4.78 is 0.833. The fraction of sp³-hybridized carbons (Fsp3) is 0.308. The minimum Gasteiger partial charge on any atom is -0.300 e. The van der Waals surface area contributed by atoms with Crippen molar-refractivity contribution >= 4 is 57.3 Å². The third kappa shape index (κ3) is 3.51. The van der Waals surface area contributed by atoms with Gasteiger partial charge >= 0.3 is 0 Å². The molecule has 0 spiro atoms. The highest BCUT2D eigenvalue weighted by Gasteiger charge is 2.44. The van der Waals surface area contributed by atoms with Crippen molar-refractivity contribution in [1.82, 2.24) is 10.2 Å². The number of hydrogen-bond donors (Lipinski definition) is 1. The number of nitrogens with zero attached hydrogens (tertiary/aromatic N) is 2. The molecule has 1 N–H and O–H groups in total. The molecule has 2 aromatic rings. The molecule has 1 saturated carbocycles. The van der Waals surface area contributed by atoms with E-state index >= 15 is 0 Å². The van der Waals surface area contributed by atoms with E-state index in [1.165, 1.54) is 23.1 Å². The Kier molecular flexibility index (Phi) is 4.40. The monoisotopic (exact) mass is 359 g/mol. The minimum atomic E-state index is -0.0545. The topological polar surface area (TPSA) is 54.9 Å². The molecule has 0 saturated heterocycles. The van der Waals surface area contributed by atoms with Crippen molar-refractivity contribution in [2.45, 2.75) is 16.7 Å². The summed E-state index contributed by atoms with van der Waals surface area (Å²) in [5.41, 5.74) is 1.01. The van der Waals surface area contributed by atoms with Crippen LogP contribution in [0.2, 0.25) is 10.0 Å². The van der Waals surface area contributed by atoms with Crippen LogP contribution in [0, 0.1) is 5.92 Å².